The number of rotatable bonds is 5. The second-order valence-corrected chi connectivity index (χ2v) is 6.97. The third kappa shape index (κ3) is 3.36. The molecular formula is C20H21N7O. The zero-order valence-corrected chi connectivity index (χ0v) is 15.3. The lowest BCUT2D eigenvalue weighted by atomic mass is 9.63. The normalized spacial score (nSPS) is 15.8. The van der Waals surface area contributed by atoms with E-state index in [1.54, 1.807) is 35.7 Å². The third-order valence-electron chi connectivity index (χ3n) is 5.26. The van der Waals surface area contributed by atoms with Crippen molar-refractivity contribution in [1.82, 2.24) is 19.5 Å². The molecule has 0 atom stereocenters. The minimum atomic E-state index is -0.374. The first-order chi connectivity index (χ1) is 13.6. The number of benzene rings is 1. The molecule has 3 aromatic rings. The molecule has 1 fully saturated rings. The van der Waals surface area contributed by atoms with E-state index in [1.807, 2.05) is 24.3 Å². The van der Waals surface area contributed by atoms with Crippen LogP contribution in [-0.4, -0.2) is 31.3 Å². The molecule has 142 valence electrons. The van der Waals surface area contributed by atoms with Gasteiger partial charge in [-0.25, -0.2) is 15.0 Å². The Morgan fingerprint density at radius 2 is 1.86 bits per heavy atom. The Morgan fingerprint density at radius 1 is 1.14 bits per heavy atom. The maximum Gasteiger partial charge on any atom is 0.267 e. The summed E-state index contributed by atoms with van der Waals surface area (Å²) in [6.07, 6.45) is 11.1. The van der Waals surface area contributed by atoms with Gasteiger partial charge in [-0.3, -0.25) is 4.79 Å². The van der Waals surface area contributed by atoms with E-state index in [2.05, 4.69) is 19.9 Å². The van der Waals surface area contributed by atoms with Crippen LogP contribution >= 0.6 is 0 Å². The molecule has 1 saturated carbocycles. The molecular weight excluding hydrogens is 354 g/mol. The van der Waals surface area contributed by atoms with E-state index in [9.17, 15) is 4.79 Å². The Hall–Kier alpha value is -3.55. The number of amidine groups is 1. The zero-order chi connectivity index (χ0) is 19.6. The Labute approximate surface area is 162 Å². The number of carbonyl (C=O) groups excluding carboxylic acids is 1. The highest BCUT2D eigenvalue weighted by Crippen LogP contribution is 2.44. The van der Waals surface area contributed by atoms with Gasteiger partial charge in [0.15, 0.2) is 0 Å². The summed E-state index contributed by atoms with van der Waals surface area (Å²) in [4.78, 5) is 28.4. The van der Waals surface area contributed by atoms with Crippen LogP contribution in [0, 0.1) is 0 Å². The molecule has 0 spiro atoms. The Bertz CT molecular complexity index is 988. The minimum Gasteiger partial charge on any atom is -0.386 e. The van der Waals surface area contributed by atoms with Crippen LogP contribution in [0.2, 0.25) is 0 Å². The maximum atomic E-state index is 12.3. The van der Waals surface area contributed by atoms with Crippen LogP contribution in [0.1, 0.15) is 24.8 Å². The second-order valence-electron chi connectivity index (χ2n) is 6.97. The Kier molecular flexibility index (Phi) is 4.60. The molecule has 8 nitrogen and oxygen atoms in total. The van der Waals surface area contributed by atoms with E-state index in [0.29, 0.717) is 5.84 Å². The fraction of sp³-hybridized carbons (Fsp3) is 0.250. The number of amides is 1. The van der Waals surface area contributed by atoms with Crippen LogP contribution in [0.5, 0.6) is 0 Å². The molecule has 1 amide bonds. The Morgan fingerprint density at radius 3 is 2.43 bits per heavy atom. The topological polar surface area (TPSA) is 125 Å². The molecule has 0 unspecified atom stereocenters. The van der Waals surface area contributed by atoms with Crippen molar-refractivity contribution in [2.45, 2.75) is 31.2 Å². The first kappa shape index (κ1) is 17.8. The van der Waals surface area contributed by atoms with E-state index in [-0.39, 0.29) is 23.8 Å². The van der Waals surface area contributed by atoms with Crippen molar-refractivity contribution >= 4 is 17.7 Å². The van der Waals surface area contributed by atoms with Crippen molar-refractivity contribution in [3.63, 3.8) is 0 Å². The van der Waals surface area contributed by atoms with Crippen LogP contribution in [0.15, 0.2) is 60.4 Å². The summed E-state index contributed by atoms with van der Waals surface area (Å²) < 4.78 is 1.68. The lowest BCUT2D eigenvalue weighted by Gasteiger charge is -2.41. The number of aromatic nitrogens is 4. The van der Waals surface area contributed by atoms with Crippen molar-refractivity contribution in [3.8, 4) is 11.1 Å². The van der Waals surface area contributed by atoms with Gasteiger partial charge in [0.25, 0.3) is 5.91 Å². The number of imidazole rings is 1. The molecule has 2 aromatic heterocycles. The summed E-state index contributed by atoms with van der Waals surface area (Å²) >= 11 is 0. The van der Waals surface area contributed by atoms with Gasteiger partial charge in [-0.05, 0) is 24.0 Å². The fourth-order valence-corrected chi connectivity index (χ4v) is 3.50. The van der Waals surface area contributed by atoms with Crippen LogP contribution in [0.25, 0.3) is 11.1 Å². The molecule has 8 heteroatoms. The van der Waals surface area contributed by atoms with Gasteiger partial charge in [0.1, 0.15) is 12.4 Å². The molecule has 1 aliphatic rings. The summed E-state index contributed by atoms with van der Waals surface area (Å²) in [5.74, 6) is 0.350. The van der Waals surface area contributed by atoms with Gasteiger partial charge in [-0.2, -0.15) is 4.99 Å². The first-order valence-electron chi connectivity index (χ1n) is 9.08. The van der Waals surface area contributed by atoms with E-state index < -0.39 is 0 Å². The van der Waals surface area contributed by atoms with Gasteiger partial charge in [0, 0.05) is 30.4 Å². The van der Waals surface area contributed by atoms with Gasteiger partial charge < -0.3 is 16.0 Å². The summed E-state index contributed by atoms with van der Waals surface area (Å²) in [6.45, 7) is 0.132. The standard InChI is InChI=1S/C20H21N7O/c21-18(26-17(28)12-27-9-8-23-13-27)20(6-1-7-20)16-4-2-14(3-5-16)15-10-24-19(22)25-11-15/h2-5,8-11,13H,1,6-7,12H2,(H2,21,26,28)(H2,22,24,25). The number of aliphatic imine (C=N–C) groups is 1. The monoisotopic (exact) mass is 375 g/mol. The van der Waals surface area contributed by atoms with Gasteiger partial charge in [0.2, 0.25) is 5.95 Å². The molecule has 1 aliphatic carbocycles. The number of anilines is 1. The molecule has 1 aromatic carbocycles. The number of hydrogen-bond donors (Lipinski definition) is 2. The minimum absolute atomic E-state index is 0.132. The van der Waals surface area contributed by atoms with Crippen molar-refractivity contribution in [3.05, 3.63) is 60.9 Å². The average Bonchev–Trinajstić information content (AvgIpc) is 3.15. The molecule has 0 bridgehead atoms. The van der Waals surface area contributed by atoms with E-state index >= 15 is 0 Å². The summed E-state index contributed by atoms with van der Waals surface area (Å²) in [6, 6.07) is 8.08. The fourth-order valence-electron chi connectivity index (χ4n) is 3.50. The van der Waals surface area contributed by atoms with Crippen molar-refractivity contribution in [1.29, 1.82) is 0 Å². The first-order valence-corrected chi connectivity index (χ1v) is 9.08. The smallest absolute Gasteiger partial charge is 0.267 e. The average molecular weight is 375 g/mol. The number of hydrogen-bond acceptors (Lipinski definition) is 5. The predicted molar refractivity (Wildman–Crippen MR) is 106 cm³/mol. The lowest BCUT2D eigenvalue weighted by Crippen LogP contribution is -2.47. The number of nitrogen functional groups attached to an aromatic ring is 1. The van der Waals surface area contributed by atoms with Crippen LogP contribution in [0.4, 0.5) is 5.95 Å². The third-order valence-corrected chi connectivity index (χ3v) is 5.26. The zero-order valence-electron chi connectivity index (χ0n) is 15.3. The Balaban J connectivity index is 1.56. The quantitative estimate of drug-likeness (QED) is 0.518. The van der Waals surface area contributed by atoms with Gasteiger partial charge >= 0.3 is 0 Å². The van der Waals surface area contributed by atoms with Crippen LogP contribution < -0.4 is 11.5 Å². The van der Waals surface area contributed by atoms with Crippen molar-refractivity contribution < 1.29 is 4.79 Å². The molecule has 4 rings (SSSR count). The van der Waals surface area contributed by atoms with Crippen molar-refractivity contribution in [2.24, 2.45) is 10.7 Å². The van der Waals surface area contributed by atoms with Crippen LogP contribution in [-0.2, 0) is 16.8 Å². The van der Waals surface area contributed by atoms with Gasteiger partial charge in [-0.1, -0.05) is 30.7 Å². The SMILES string of the molecule is NC(=NC(=O)Cn1ccnc1)C1(c2ccc(-c3cnc(N)nc3)cc2)CCC1. The summed E-state index contributed by atoms with van der Waals surface area (Å²) in [5.41, 5.74) is 14.4. The predicted octanol–water partition coefficient (Wildman–Crippen LogP) is 1.93. The van der Waals surface area contributed by atoms with E-state index in [4.69, 9.17) is 11.5 Å². The highest BCUT2D eigenvalue weighted by atomic mass is 16.1. The summed E-state index contributed by atoms with van der Waals surface area (Å²) in [5, 5.41) is 0. The summed E-state index contributed by atoms with van der Waals surface area (Å²) in [7, 11) is 0. The van der Waals surface area contributed by atoms with Gasteiger partial charge in [-0.15, -0.1) is 0 Å². The van der Waals surface area contributed by atoms with Gasteiger partial charge in [0.05, 0.1) is 11.7 Å². The lowest BCUT2D eigenvalue weighted by molar-refractivity contribution is -0.118. The highest BCUT2D eigenvalue weighted by Gasteiger charge is 2.42. The number of carbonyl (C=O) groups is 1. The van der Waals surface area contributed by atoms with Crippen molar-refractivity contribution in [2.75, 3.05) is 5.73 Å². The largest absolute Gasteiger partial charge is 0.386 e. The van der Waals surface area contributed by atoms with Crippen LogP contribution in [0.3, 0.4) is 0 Å². The molecule has 0 saturated heterocycles. The molecule has 0 aliphatic heterocycles. The molecule has 2 heterocycles. The molecule has 4 N–H and O–H groups in total. The molecule has 28 heavy (non-hydrogen) atoms. The molecule has 0 radical (unpaired) electrons. The maximum absolute atomic E-state index is 12.3. The van der Waals surface area contributed by atoms with E-state index in [1.165, 1.54) is 0 Å². The highest BCUT2D eigenvalue weighted by molar-refractivity contribution is 6.00. The number of nitrogens with two attached hydrogens (primary N) is 2. The van der Waals surface area contributed by atoms with E-state index in [0.717, 1.165) is 36.0 Å². The second kappa shape index (κ2) is 7.22. The number of nitrogens with zero attached hydrogens (tertiary/aromatic N) is 5.